The van der Waals surface area contributed by atoms with Crippen LogP contribution in [0, 0.1) is 0 Å². The van der Waals surface area contributed by atoms with Gasteiger partial charge in [-0.15, -0.1) is 0 Å². The molecule has 2 bridgehead atoms. The fraction of sp³-hybridized carbons (Fsp3) is 0.862. The predicted octanol–water partition coefficient (Wildman–Crippen LogP) is 5.49. The molecule has 3 aliphatic heterocycles. The van der Waals surface area contributed by atoms with Crippen LogP contribution in [0.25, 0.3) is 0 Å². The standard InChI is InChI=1S/C29H51N5O/c1-3-32-20-16-27-12-13-28(24-32)34(27)29-30-22-26(23-31-29)25-14-18-33(19-15-25)17-10-8-6-5-7-9-11-21-35-4-2/h22-23,25,27-28H,3-21,24H2,1-2H3. The number of hydrogen-bond donors (Lipinski definition) is 0. The van der Waals surface area contributed by atoms with Gasteiger partial charge in [0.15, 0.2) is 0 Å². The highest BCUT2D eigenvalue weighted by Gasteiger charge is 2.38. The molecule has 4 heterocycles. The van der Waals surface area contributed by atoms with Gasteiger partial charge in [0.2, 0.25) is 5.95 Å². The normalized spacial score (nSPS) is 24.2. The van der Waals surface area contributed by atoms with Crippen LogP contribution >= 0.6 is 0 Å². The van der Waals surface area contributed by atoms with Gasteiger partial charge in [-0.05, 0) is 89.5 Å². The largest absolute Gasteiger partial charge is 0.382 e. The molecule has 0 spiro atoms. The number of unbranched alkanes of at least 4 members (excludes halogenated alkanes) is 6. The maximum Gasteiger partial charge on any atom is 0.225 e. The van der Waals surface area contributed by atoms with E-state index < -0.39 is 0 Å². The summed E-state index contributed by atoms with van der Waals surface area (Å²) in [7, 11) is 0. The molecule has 6 nitrogen and oxygen atoms in total. The predicted molar refractivity (Wildman–Crippen MR) is 145 cm³/mol. The van der Waals surface area contributed by atoms with Gasteiger partial charge < -0.3 is 19.4 Å². The molecule has 3 saturated heterocycles. The lowest BCUT2D eigenvalue weighted by atomic mass is 9.91. The molecular formula is C29H51N5O. The van der Waals surface area contributed by atoms with Gasteiger partial charge in [0, 0.05) is 50.8 Å². The molecule has 0 N–H and O–H groups in total. The Morgan fingerprint density at radius 1 is 0.771 bits per heavy atom. The van der Waals surface area contributed by atoms with E-state index in [9.17, 15) is 0 Å². The van der Waals surface area contributed by atoms with Gasteiger partial charge in [0.05, 0.1) is 0 Å². The molecular weight excluding hydrogens is 434 g/mol. The smallest absolute Gasteiger partial charge is 0.225 e. The quantitative estimate of drug-likeness (QED) is 0.325. The molecule has 1 aromatic heterocycles. The SMILES string of the molecule is CCOCCCCCCCCCN1CCC(c2cnc(N3C4CCC3CN(CC)CC4)nc2)CC1. The van der Waals surface area contributed by atoms with Crippen LogP contribution in [0.5, 0.6) is 0 Å². The van der Waals surface area contributed by atoms with Crippen molar-refractivity contribution in [3.8, 4) is 0 Å². The lowest BCUT2D eigenvalue weighted by Gasteiger charge is -2.32. The van der Waals surface area contributed by atoms with E-state index in [2.05, 4.69) is 40.9 Å². The highest BCUT2D eigenvalue weighted by molar-refractivity contribution is 5.37. The Morgan fingerprint density at radius 3 is 2.14 bits per heavy atom. The Kier molecular flexibility index (Phi) is 11.1. The third-order valence-corrected chi connectivity index (χ3v) is 8.73. The van der Waals surface area contributed by atoms with E-state index in [1.807, 2.05) is 0 Å². The van der Waals surface area contributed by atoms with Crippen molar-refractivity contribution in [3.63, 3.8) is 0 Å². The average Bonchev–Trinajstić information content (AvgIpc) is 3.19. The number of nitrogens with zero attached hydrogens (tertiary/aromatic N) is 5. The summed E-state index contributed by atoms with van der Waals surface area (Å²) in [5.74, 6) is 1.61. The minimum absolute atomic E-state index is 0.594. The maximum atomic E-state index is 5.42. The summed E-state index contributed by atoms with van der Waals surface area (Å²) in [6.07, 6.45) is 20.1. The number of rotatable bonds is 14. The van der Waals surface area contributed by atoms with Gasteiger partial charge in [-0.3, -0.25) is 0 Å². The van der Waals surface area contributed by atoms with Crippen LogP contribution in [0.2, 0.25) is 0 Å². The first-order chi connectivity index (χ1) is 17.3. The minimum atomic E-state index is 0.594. The van der Waals surface area contributed by atoms with E-state index >= 15 is 0 Å². The monoisotopic (exact) mass is 485 g/mol. The molecule has 2 unspecified atom stereocenters. The van der Waals surface area contributed by atoms with Crippen LogP contribution in [0.3, 0.4) is 0 Å². The van der Waals surface area contributed by atoms with Crippen molar-refractivity contribution in [2.45, 2.75) is 109 Å². The molecule has 0 aliphatic carbocycles. The van der Waals surface area contributed by atoms with E-state index in [1.54, 1.807) is 0 Å². The molecule has 0 aromatic carbocycles. The Morgan fingerprint density at radius 2 is 1.43 bits per heavy atom. The maximum absolute atomic E-state index is 5.42. The van der Waals surface area contributed by atoms with Gasteiger partial charge in [-0.25, -0.2) is 9.97 Å². The first kappa shape index (κ1) is 26.8. The second-order valence-corrected chi connectivity index (χ2v) is 11.1. The van der Waals surface area contributed by atoms with Crippen molar-refractivity contribution < 1.29 is 4.74 Å². The van der Waals surface area contributed by atoms with Crippen LogP contribution in [0.1, 0.15) is 102 Å². The fourth-order valence-corrected chi connectivity index (χ4v) is 6.49. The zero-order valence-corrected chi connectivity index (χ0v) is 22.7. The number of likely N-dealkylation sites (N-methyl/N-ethyl adjacent to an activating group) is 1. The molecule has 1 aromatic rings. The van der Waals surface area contributed by atoms with E-state index in [0.717, 1.165) is 25.7 Å². The summed E-state index contributed by atoms with van der Waals surface area (Å²) in [4.78, 5) is 17.7. The molecule has 3 fully saturated rings. The Labute approximate surface area is 214 Å². The lowest BCUT2D eigenvalue weighted by Crippen LogP contribution is -2.40. The van der Waals surface area contributed by atoms with E-state index in [4.69, 9.17) is 14.7 Å². The second-order valence-electron chi connectivity index (χ2n) is 11.1. The first-order valence-corrected chi connectivity index (χ1v) is 14.9. The number of ether oxygens (including phenoxy) is 1. The fourth-order valence-electron chi connectivity index (χ4n) is 6.49. The summed E-state index contributed by atoms with van der Waals surface area (Å²) < 4.78 is 5.42. The third kappa shape index (κ3) is 7.87. The van der Waals surface area contributed by atoms with Crippen LogP contribution in [-0.2, 0) is 4.74 Å². The molecule has 0 saturated carbocycles. The van der Waals surface area contributed by atoms with Gasteiger partial charge >= 0.3 is 0 Å². The van der Waals surface area contributed by atoms with Crippen molar-refractivity contribution in [2.75, 3.05) is 57.4 Å². The van der Waals surface area contributed by atoms with Crippen molar-refractivity contribution in [3.05, 3.63) is 18.0 Å². The lowest BCUT2D eigenvalue weighted by molar-refractivity contribution is 0.143. The highest BCUT2D eigenvalue weighted by atomic mass is 16.5. The zero-order valence-electron chi connectivity index (χ0n) is 22.7. The van der Waals surface area contributed by atoms with E-state index in [-0.39, 0.29) is 0 Å². The Hall–Kier alpha value is -1.24. The van der Waals surface area contributed by atoms with E-state index in [0.29, 0.717) is 18.0 Å². The molecule has 35 heavy (non-hydrogen) atoms. The molecule has 2 atom stereocenters. The zero-order chi connectivity index (χ0) is 24.3. The molecule has 0 amide bonds. The van der Waals surface area contributed by atoms with Crippen molar-refractivity contribution in [1.82, 2.24) is 19.8 Å². The van der Waals surface area contributed by atoms with Gasteiger partial charge in [-0.2, -0.15) is 0 Å². The molecule has 6 heteroatoms. The first-order valence-electron chi connectivity index (χ1n) is 14.9. The molecule has 198 valence electrons. The van der Waals surface area contributed by atoms with Gasteiger partial charge in [-0.1, -0.05) is 39.0 Å². The third-order valence-electron chi connectivity index (χ3n) is 8.73. The summed E-state index contributed by atoms with van der Waals surface area (Å²) in [6, 6.07) is 1.22. The van der Waals surface area contributed by atoms with Gasteiger partial charge in [0.25, 0.3) is 0 Å². The molecule has 3 aliphatic rings. The van der Waals surface area contributed by atoms with Crippen molar-refractivity contribution in [2.24, 2.45) is 0 Å². The number of fused-ring (bicyclic) bond motifs is 2. The minimum Gasteiger partial charge on any atom is -0.382 e. The number of aromatic nitrogens is 2. The van der Waals surface area contributed by atoms with Crippen LogP contribution in [0.4, 0.5) is 5.95 Å². The van der Waals surface area contributed by atoms with Crippen molar-refractivity contribution in [1.29, 1.82) is 0 Å². The summed E-state index contributed by atoms with van der Waals surface area (Å²) >= 11 is 0. The average molecular weight is 486 g/mol. The highest BCUT2D eigenvalue weighted by Crippen LogP contribution is 2.34. The number of anilines is 1. The van der Waals surface area contributed by atoms with Crippen LogP contribution in [-0.4, -0.2) is 84.3 Å². The number of hydrogen-bond acceptors (Lipinski definition) is 6. The summed E-state index contributed by atoms with van der Waals surface area (Å²) in [5, 5.41) is 0. The van der Waals surface area contributed by atoms with Crippen LogP contribution in [0.15, 0.2) is 12.4 Å². The van der Waals surface area contributed by atoms with Crippen LogP contribution < -0.4 is 4.90 Å². The number of likely N-dealkylation sites (tertiary alicyclic amines) is 2. The van der Waals surface area contributed by atoms with E-state index in [1.165, 1.54) is 115 Å². The second kappa shape index (κ2) is 14.5. The number of piperidine rings is 1. The Bertz CT molecular complexity index is 706. The topological polar surface area (TPSA) is 44.7 Å². The van der Waals surface area contributed by atoms with Crippen molar-refractivity contribution >= 4 is 5.95 Å². The summed E-state index contributed by atoms with van der Waals surface area (Å²) in [5.41, 5.74) is 1.36. The molecule has 4 rings (SSSR count). The summed E-state index contributed by atoms with van der Waals surface area (Å²) in [6.45, 7) is 13.4. The van der Waals surface area contributed by atoms with Gasteiger partial charge in [0.1, 0.15) is 0 Å². The molecule has 0 radical (unpaired) electrons. The Balaban J connectivity index is 1.12.